The second-order valence-corrected chi connectivity index (χ2v) is 5.75. The number of aliphatic carboxylic acids is 1. The molecular weight excluding hydrogens is 238 g/mol. The summed E-state index contributed by atoms with van der Waals surface area (Å²) in [5, 5.41) is 8.69. The molecule has 1 fully saturated rings. The van der Waals surface area contributed by atoms with Gasteiger partial charge in [0.1, 0.15) is 5.75 Å². The van der Waals surface area contributed by atoms with Crippen molar-refractivity contribution in [1.82, 2.24) is 4.90 Å². The molecule has 1 N–H and O–H groups in total. The smallest absolute Gasteiger partial charge is 0.334 e. The minimum Gasteiger partial charge on any atom is -0.479 e. The third-order valence-corrected chi connectivity index (χ3v) is 2.85. The zero-order chi connectivity index (χ0) is 12.3. The van der Waals surface area contributed by atoms with Crippen LogP contribution in [-0.2, 0) is 24.2 Å². The normalized spacial score (nSPS) is 21.8. The van der Waals surface area contributed by atoms with Crippen LogP contribution >= 0.6 is 0 Å². The summed E-state index contributed by atoms with van der Waals surface area (Å²) in [5.41, 5.74) is 0. The van der Waals surface area contributed by atoms with Crippen LogP contribution in [0.3, 0.4) is 0 Å². The van der Waals surface area contributed by atoms with Crippen molar-refractivity contribution < 1.29 is 27.9 Å². The van der Waals surface area contributed by atoms with Gasteiger partial charge in [0, 0.05) is 12.8 Å². The molecule has 1 rings (SSSR count). The third kappa shape index (κ3) is 3.78. The Morgan fingerprint density at radius 2 is 2.12 bits per heavy atom. The second kappa shape index (κ2) is 4.79. The highest BCUT2D eigenvalue weighted by molar-refractivity contribution is 7.91. The van der Waals surface area contributed by atoms with E-state index in [0.717, 1.165) is 6.26 Å². The Labute approximate surface area is 92.9 Å². The van der Waals surface area contributed by atoms with Gasteiger partial charge in [-0.1, -0.05) is 0 Å². The molecule has 92 valence electrons. The van der Waals surface area contributed by atoms with Gasteiger partial charge in [0.15, 0.2) is 15.9 Å². The van der Waals surface area contributed by atoms with Crippen LogP contribution in [0.25, 0.3) is 0 Å². The van der Waals surface area contributed by atoms with Crippen molar-refractivity contribution in [2.24, 2.45) is 0 Å². The Hall–Kier alpha value is -1.15. The van der Waals surface area contributed by atoms with Crippen LogP contribution in [0.4, 0.5) is 0 Å². The number of rotatable bonds is 3. The molecule has 0 aromatic rings. The highest BCUT2D eigenvalue weighted by atomic mass is 32.2. The molecule has 1 aliphatic heterocycles. The van der Waals surface area contributed by atoms with Crippen molar-refractivity contribution in [2.75, 3.05) is 31.7 Å². The molecule has 1 aliphatic rings. The van der Waals surface area contributed by atoms with E-state index in [0.29, 0.717) is 0 Å². The average molecular weight is 251 g/mol. The van der Waals surface area contributed by atoms with Crippen molar-refractivity contribution in [2.45, 2.75) is 6.10 Å². The standard InChI is InChI=1S/C8H13NO6S/c1-16(13,14)5-7(10)9-2-3-15-6(4-9)8(11)12/h6H,2-5H2,1H3,(H,11,12). The first kappa shape index (κ1) is 12.9. The van der Waals surface area contributed by atoms with E-state index in [9.17, 15) is 18.0 Å². The zero-order valence-electron chi connectivity index (χ0n) is 8.75. The van der Waals surface area contributed by atoms with Crippen molar-refractivity contribution in [3.05, 3.63) is 0 Å². The van der Waals surface area contributed by atoms with Gasteiger partial charge in [-0.05, 0) is 0 Å². The number of carbonyl (C=O) groups excluding carboxylic acids is 1. The van der Waals surface area contributed by atoms with E-state index in [1.807, 2.05) is 0 Å². The molecule has 0 radical (unpaired) electrons. The lowest BCUT2D eigenvalue weighted by Gasteiger charge is -2.30. The molecule has 0 bridgehead atoms. The Bertz CT molecular complexity index is 389. The van der Waals surface area contributed by atoms with E-state index in [1.54, 1.807) is 0 Å². The Balaban J connectivity index is 2.60. The highest BCUT2D eigenvalue weighted by Gasteiger charge is 2.29. The number of ether oxygens (including phenoxy) is 1. The number of carboxylic acid groups (broad SMARTS) is 1. The fraction of sp³-hybridized carbons (Fsp3) is 0.750. The van der Waals surface area contributed by atoms with Crippen LogP contribution in [-0.4, -0.2) is 68.1 Å². The first-order valence-electron chi connectivity index (χ1n) is 4.59. The molecule has 1 heterocycles. The molecule has 7 nitrogen and oxygen atoms in total. The lowest BCUT2D eigenvalue weighted by atomic mass is 10.3. The number of carbonyl (C=O) groups is 2. The number of nitrogens with zero attached hydrogens (tertiary/aromatic N) is 1. The van der Waals surface area contributed by atoms with E-state index in [-0.39, 0.29) is 19.7 Å². The number of carboxylic acids is 1. The largest absolute Gasteiger partial charge is 0.479 e. The summed E-state index contributed by atoms with van der Waals surface area (Å²) in [4.78, 5) is 23.3. The number of morpholine rings is 1. The lowest BCUT2D eigenvalue weighted by molar-refractivity contribution is -0.158. The summed E-state index contributed by atoms with van der Waals surface area (Å²) in [7, 11) is -3.39. The van der Waals surface area contributed by atoms with E-state index in [4.69, 9.17) is 9.84 Å². The predicted octanol–water partition coefficient (Wildman–Crippen LogP) is -1.66. The van der Waals surface area contributed by atoms with Gasteiger partial charge < -0.3 is 14.7 Å². The molecule has 0 aromatic carbocycles. The molecule has 16 heavy (non-hydrogen) atoms. The van der Waals surface area contributed by atoms with Crippen LogP contribution < -0.4 is 0 Å². The van der Waals surface area contributed by atoms with E-state index in [2.05, 4.69) is 0 Å². The summed E-state index contributed by atoms with van der Waals surface area (Å²) in [6, 6.07) is 0. The number of hydrogen-bond donors (Lipinski definition) is 1. The summed E-state index contributed by atoms with van der Waals surface area (Å²) in [6.07, 6.45) is -0.114. The monoisotopic (exact) mass is 251 g/mol. The number of amides is 1. The highest BCUT2D eigenvalue weighted by Crippen LogP contribution is 2.06. The van der Waals surface area contributed by atoms with Crippen molar-refractivity contribution >= 4 is 21.7 Å². The maximum atomic E-state index is 11.5. The van der Waals surface area contributed by atoms with Crippen molar-refractivity contribution in [3.63, 3.8) is 0 Å². The van der Waals surface area contributed by atoms with Gasteiger partial charge >= 0.3 is 5.97 Å². The van der Waals surface area contributed by atoms with E-state index >= 15 is 0 Å². The molecule has 1 saturated heterocycles. The van der Waals surface area contributed by atoms with Gasteiger partial charge in [0.25, 0.3) is 0 Å². The Kier molecular flexibility index (Phi) is 3.87. The number of sulfone groups is 1. The quantitative estimate of drug-likeness (QED) is 0.644. The van der Waals surface area contributed by atoms with Crippen LogP contribution in [0.5, 0.6) is 0 Å². The summed E-state index contributed by atoms with van der Waals surface area (Å²) in [6.45, 7) is 0.217. The van der Waals surface area contributed by atoms with Gasteiger partial charge in [-0.15, -0.1) is 0 Å². The first-order chi connectivity index (χ1) is 7.29. The predicted molar refractivity (Wildman–Crippen MR) is 53.7 cm³/mol. The average Bonchev–Trinajstić information content (AvgIpc) is 2.15. The van der Waals surface area contributed by atoms with Gasteiger partial charge in [0.05, 0.1) is 13.2 Å². The second-order valence-electron chi connectivity index (χ2n) is 3.61. The summed E-state index contributed by atoms with van der Waals surface area (Å²) in [5.74, 6) is -2.34. The molecule has 0 spiro atoms. The molecule has 0 aromatic heterocycles. The van der Waals surface area contributed by atoms with Crippen LogP contribution in [0.2, 0.25) is 0 Å². The molecular formula is C8H13NO6S. The minimum absolute atomic E-state index is 0.104. The fourth-order valence-corrected chi connectivity index (χ4v) is 1.97. The third-order valence-electron chi connectivity index (χ3n) is 2.08. The summed E-state index contributed by atoms with van der Waals surface area (Å²) < 4.78 is 26.7. The number of hydrogen-bond acceptors (Lipinski definition) is 5. The van der Waals surface area contributed by atoms with Gasteiger partial charge in [-0.25, -0.2) is 13.2 Å². The molecule has 1 atom stereocenters. The van der Waals surface area contributed by atoms with E-state index in [1.165, 1.54) is 4.90 Å². The maximum absolute atomic E-state index is 11.5. The molecule has 1 amide bonds. The van der Waals surface area contributed by atoms with Gasteiger partial charge in [-0.2, -0.15) is 0 Å². The lowest BCUT2D eigenvalue weighted by Crippen LogP contribution is -2.49. The van der Waals surface area contributed by atoms with Crippen molar-refractivity contribution in [1.29, 1.82) is 0 Å². The van der Waals surface area contributed by atoms with Crippen LogP contribution in [0.1, 0.15) is 0 Å². The summed E-state index contributed by atoms with van der Waals surface area (Å²) >= 11 is 0. The Morgan fingerprint density at radius 3 is 2.62 bits per heavy atom. The van der Waals surface area contributed by atoms with Crippen LogP contribution in [0.15, 0.2) is 0 Å². The zero-order valence-corrected chi connectivity index (χ0v) is 9.57. The Morgan fingerprint density at radius 1 is 1.50 bits per heavy atom. The molecule has 8 heteroatoms. The minimum atomic E-state index is -3.39. The first-order valence-corrected chi connectivity index (χ1v) is 6.65. The SMILES string of the molecule is CS(=O)(=O)CC(=O)N1CCOC(C(=O)O)C1. The van der Waals surface area contributed by atoms with Crippen LogP contribution in [0, 0.1) is 0 Å². The van der Waals surface area contributed by atoms with Gasteiger partial charge in [0.2, 0.25) is 5.91 Å². The van der Waals surface area contributed by atoms with E-state index < -0.39 is 33.6 Å². The van der Waals surface area contributed by atoms with Gasteiger partial charge in [-0.3, -0.25) is 4.79 Å². The van der Waals surface area contributed by atoms with Crippen molar-refractivity contribution in [3.8, 4) is 0 Å². The molecule has 0 saturated carbocycles. The topological polar surface area (TPSA) is 101 Å². The fourth-order valence-electron chi connectivity index (χ4n) is 1.34. The molecule has 0 aliphatic carbocycles. The molecule has 1 unspecified atom stereocenters. The maximum Gasteiger partial charge on any atom is 0.334 e.